The number of rotatable bonds is 9. The Hall–Kier alpha value is -1.75. The monoisotopic (exact) mass is 295 g/mol. The van der Waals surface area contributed by atoms with Gasteiger partial charge in [-0.2, -0.15) is 0 Å². The van der Waals surface area contributed by atoms with Gasteiger partial charge in [-0.05, 0) is 31.4 Å². The van der Waals surface area contributed by atoms with E-state index >= 15 is 0 Å². The van der Waals surface area contributed by atoms with E-state index in [9.17, 15) is 9.90 Å². The maximum absolute atomic E-state index is 11.7. The van der Waals surface area contributed by atoms with Crippen molar-refractivity contribution in [3.8, 4) is 11.5 Å². The molecule has 5 heteroatoms. The molecule has 0 fully saturated rings. The van der Waals surface area contributed by atoms with Crippen LogP contribution in [0.3, 0.4) is 0 Å². The minimum Gasteiger partial charge on any atom is -0.490 e. The van der Waals surface area contributed by atoms with Gasteiger partial charge in [0.25, 0.3) is 5.91 Å². The molecule has 1 amide bonds. The van der Waals surface area contributed by atoms with E-state index in [0.717, 1.165) is 0 Å². The zero-order valence-electron chi connectivity index (χ0n) is 13.0. The van der Waals surface area contributed by atoms with Gasteiger partial charge in [0.2, 0.25) is 0 Å². The normalized spacial score (nSPS) is 12.0. The first-order chi connectivity index (χ1) is 10.0. The van der Waals surface area contributed by atoms with E-state index in [-0.39, 0.29) is 19.1 Å². The van der Waals surface area contributed by atoms with Gasteiger partial charge in [-0.15, -0.1) is 0 Å². The van der Waals surface area contributed by atoms with Crippen molar-refractivity contribution in [3.05, 3.63) is 24.3 Å². The Labute approximate surface area is 126 Å². The van der Waals surface area contributed by atoms with Crippen LogP contribution in [0.4, 0.5) is 0 Å². The van der Waals surface area contributed by atoms with Crippen molar-refractivity contribution in [2.24, 2.45) is 5.92 Å². The summed E-state index contributed by atoms with van der Waals surface area (Å²) in [7, 11) is 0. The smallest absolute Gasteiger partial charge is 0.258 e. The van der Waals surface area contributed by atoms with Crippen LogP contribution in [0.1, 0.15) is 27.2 Å². The lowest BCUT2D eigenvalue weighted by molar-refractivity contribution is -0.123. The SMILES string of the molecule is CCOc1ccccc1OCC(=O)NCC(O)CC(C)C. The van der Waals surface area contributed by atoms with Crippen LogP contribution in [-0.2, 0) is 4.79 Å². The zero-order valence-corrected chi connectivity index (χ0v) is 13.0. The second-order valence-corrected chi connectivity index (χ2v) is 5.26. The molecule has 5 nitrogen and oxygen atoms in total. The molecule has 0 saturated heterocycles. The minimum atomic E-state index is -0.523. The highest BCUT2D eigenvalue weighted by Crippen LogP contribution is 2.26. The molecular formula is C16H25NO4. The average molecular weight is 295 g/mol. The fourth-order valence-corrected chi connectivity index (χ4v) is 1.90. The van der Waals surface area contributed by atoms with E-state index < -0.39 is 6.10 Å². The molecule has 0 aromatic heterocycles. The molecule has 21 heavy (non-hydrogen) atoms. The molecule has 1 aromatic carbocycles. The topological polar surface area (TPSA) is 67.8 Å². The van der Waals surface area contributed by atoms with E-state index in [2.05, 4.69) is 5.32 Å². The molecule has 1 unspecified atom stereocenters. The first kappa shape index (κ1) is 17.3. The molecule has 0 aliphatic rings. The molecule has 0 spiro atoms. The van der Waals surface area contributed by atoms with Crippen molar-refractivity contribution in [1.29, 1.82) is 0 Å². The van der Waals surface area contributed by atoms with Gasteiger partial charge in [0.1, 0.15) is 0 Å². The number of ether oxygens (including phenoxy) is 2. The number of aliphatic hydroxyl groups is 1. The summed E-state index contributed by atoms with van der Waals surface area (Å²) in [6, 6.07) is 7.22. The largest absolute Gasteiger partial charge is 0.490 e. The van der Waals surface area contributed by atoms with Crippen LogP contribution < -0.4 is 14.8 Å². The van der Waals surface area contributed by atoms with E-state index in [1.165, 1.54) is 0 Å². The van der Waals surface area contributed by atoms with Gasteiger partial charge < -0.3 is 19.9 Å². The number of para-hydroxylation sites is 2. The summed E-state index contributed by atoms with van der Waals surface area (Å²) < 4.78 is 10.9. The fourth-order valence-electron chi connectivity index (χ4n) is 1.90. The molecule has 0 saturated carbocycles. The second kappa shape index (κ2) is 9.23. The lowest BCUT2D eigenvalue weighted by atomic mass is 10.1. The van der Waals surface area contributed by atoms with Crippen LogP contribution in [0.5, 0.6) is 11.5 Å². The minimum absolute atomic E-state index is 0.0987. The molecule has 0 bridgehead atoms. The van der Waals surface area contributed by atoms with Gasteiger partial charge in [0.15, 0.2) is 18.1 Å². The van der Waals surface area contributed by atoms with Gasteiger partial charge in [-0.1, -0.05) is 26.0 Å². The Bertz CT molecular complexity index is 434. The summed E-state index contributed by atoms with van der Waals surface area (Å²) in [5.74, 6) is 1.29. The van der Waals surface area contributed by atoms with Gasteiger partial charge in [-0.25, -0.2) is 0 Å². The van der Waals surface area contributed by atoms with Crippen molar-refractivity contribution in [2.75, 3.05) is 19.8 Å². The quantitative estimate of drug-likeness (QED) is 0.731. The van der Waals surface area contributed by atoms with Gasteiger partial charge in [-0.3, -0.25) is 4.79 Å². The van der Waals surface area contributed by atoms with Crippen LogP contribution in [0, 0.1) is 5.92 Å². The molecule has 2 N–H and O–H groups in total. The van der Waals surface area contributed by atoms with Crippen LogP contribution in [0.15, 0.2) is 24.3 Å². The molecular weight excluding hydrogens is 270 g/mol. The number of hydrogen-bond acceptors (Lipinski definition) is 4. The van der Waals surface area contributed by atoms with Crippen molar-refractivity contribution < 1.29 is 19.4 Å². The average Bonchev–Trinajstić information content (AvgIpc) is 2.44. The number of aliphatic hydroxyl groups excluding tert-OH is 1. The zero-order chi connectivity index (χ0) is 15.7. The Balaban J connectivity index is 2.36. The molecule has 1 atom stereocenters. The summed E-state index contributed by atoms with van der Waals surface area (Å²) in [4.78, 5) is 11.7. The number of benzene rings is 1. The third-order valence-corrected chi connectivity index (χ3v) is 2.79. The maximum Gasteiger partial charge on any atom is 0.258 e. The van der Waals surface area contributed by atoms with E-state index in [4.69, 9.17) is 9.47 Å². The predicted molar refractivity (Wildman–Crippen MR) is 81.6 cm³/mol. The Kier molecular flexibility index (Phi) is 7.61. The lowest BCUT2D eigenvalue weighted by Crippen LogP contribution is -2.35. The van der Waals surface area contributed by atoms with Crippen LogP contribution in [-0.4, -0.2) is 36.9 Å². The number of amides is 1. The standard InChI is InChI=1S/C16H25NO4/c1-4-20-14-7-5-6-8-15(14)21-11-16(19)17-10-13(18)9-12(2)3/h5-8,12-13,18H,4,9-11H2,1-3H3,(H,17,19). The van der Waals surface area contributed by atoms with Crippen LogP contribution in [0.25, 0.3) is 0 Å². The fraction of sp³-hybridized carbons (Fsp3) is 0.562. The van der Waals surface area contributed by atoms with E-state index in [0.29, 0.717) is 30.4 Å². The Morgan fingerprint density at radius 1 is 1.24 bits per heavy atom. The first-order valence-electron chi connectivity index (χ1n) is 7.32. The highest BCUT2D eigenvalue weighted by atomic mass is 16.5. The number of hydrogen-bond donors (Lipinski definition) is 2. The summed E-state index contributed by atoms with van der Waals surface area (Å²) in [6.07, 6.45) is 0.138. The molecule has 1 aromatic rings. The Morgan fingerprint density at radius 3 is 2.43 bits per heavy atom. The highest BCUT2D eigenvalue weighted by molar-refractivity contribution is 5.77. The lowest BCUT2D eigenvalue weighted by Gasteiger charge is -2.15. The van der Waals surface area contributed by atoms with Crippen molar-refractivity contribution in [1.82, 2.24) is 5.32 Å². The first-order valence-corrected chi connectivity index (χ1v) is 7.32. The summed E-state index contributed by atoms with van der Waals surface area (Å²) in [5, 5.41) is 12.3. The molecule has 118 valence electrons. The molecule has 0 aliphatic heterocycles. The van der Waals surface area contributed by atoms with Gasteiger partial charge in [0, 0.05) is 6.54 Å². The maximum atomic E-state index is 11.7. The molecule has 1 rings (SSSR count). The third-order valence-electron chi connectivity index (χ3n) is 2.79. The van der Waals surface area contributed by atoms with Crippen LogP contribution >= 0.6 is 0 Å². The van der Waals surface area contributed by atoms with Crippen molar-refractivity contribution in [3.63, 3.8) is 0 Å². The molecule has 0 radical (unpaired) electrons. The van der Waals surface area contributed by atoms with E-state index in [1.54, 1.807) is 12.1 Å². The van der Waals surface area contributed by atoms with E-state index in [1.807, 2.05) is 32.9 Å². The molecule has 0 heterocycles. The van der Waals surface area contributed by atoms with Gasteiger partial charge in [0.05, 0.1) is 12.7 Å². The second-order valence-electron chi connectivity index (χ2n) is 5.26. The van der Waals surface area contributed by atoms with Crippen LogP contribution in [0.2, 0.25) is 0 Å². The van der Waals surface area contributed by atoms with Gasteiger partial charge >= 0.3 is 0 Å². The third kappa shape index (κ3) is 6.99. The number of carbonyl (C=O) groups excluding carboxylic acids is 1. The highest BCUT2D eigenvalue weighted by Gasteiger charge is 2.10. The predicted octanol–water partition coefficient (Wildman–Crippen LogP) is 1.99. The van der Waals surface area contributed by atoms with Crippen molar-refractivity contribution >= 4 is 5.91 Å². The number of carbonyl (C=O) groups is 1. The summed E-state index contributed by atoms with van der Waals surface area (Å²) in [6.45, 7) is 6.62. The number of nitrogens with one attached hydrogen (secondary N) is 1. The summed E-state index contributed by atoms with van der Waals surface area (Å²) in [5.41, 5.74) is 0. The Morgan fingerprint density at radius 2 is 1.86 bits per heavy atom. The van der Waals surface area contributed by atoms with Crippen molar-refractivity contribution in [2.45, 2.75) is 33.3 Å². The molecule has 0 aliphatic carbocycles. The summed E-state index contributed by atoms with van der Waals surface area (Å²) >= 11 is 0.